The molecule has 1 aromatic heterocycles. The van der Waals surface area contributed by atoms with Crippen molar-refractivity contribution in [3.05, 3.63) is 42.0 Å². The highest BCUT2D eigenvalue weighted by molar-refractivity contribution is 5.57. The van der Waals surface area contributed by atoms with Crippen LogP contribution in [-0.4, -0.2) is 43.1 Å². The molecule has 1 fully saturated rings. The highest BCUT2D eigenvalue weighted by Gasteiger charge is 2.14. The Morgan fingerprint density at radius 2 is 2.00 bits per heavy atom. The number of anilines is 1. The highest BCUT2D eigenvalue weighted by atomic mass is 19.1. The molecule has 0 spiro atoms. The Kier molecular flexibility index (Phi) is 4.32. The van der Waals surface area contributed by atoms with Gasteiger partial charge in [0.2, 0.25) is 0 Å². The summed E-state index contributed by atoms with van der Waals surface area (Å²) >= 11 is 0. The van der Waals surface area contributed by atoms with E-state index in [1.807, 2.05) is 13.0 Å². The molecule has 0 N–H and O–H groups in total. The third-order valence-electron chi connectivity index (χ3n) is 3.26. The van der Waals surface area contributed by atoms with Crippen molar-refractivity contribution in [2.24, 2.45) is 0 Å². The van der Waals surface area contributed by atoms with Crippen molar-refractivity contribution < 1.29 is 4.39 Å². The van der Waals surface area contributed by atoms with E-state index in [0.717, 1.165) is 43.3 Å². The third-order valence-corrected chi connectivity index (χ3v) is 3.26. The van der Waals surface area contributed by atoms with Crippen molar-refractivity contribution in [2.45, 2.75) is 6.92 Å². The minimum atomic E-state index is -0.454. The van der Waals surface area contributed by atoms with Crippen LogP contribution in [0, 0.1) is 6.92 Å². The van der Waals surface area contributed by atoms with Gasteiger partial charge < -0.3 is 9.80 Å². The summed E-state index contributed by atoms with van der Waals surface area (Å²) in [6.07, 6.45) is 3.00. The second-order valence-electron chi connectivity index (χ2n) is 4.96. The molecule has 0 unspecified atom stereocenters. The predicted octanol–water partition coefficient (Wildman–Crippen LogP) is 2.64. The summed E-state index contributed by atoms with van der Waals surface area (Å²) in [5.41, 5.74) is 2.87. The van der Waals surface area contributed by atoms with Crippen LogP contribution in [0.5, 0.6) is 0 Å². The Morgan fingerprint density at radius 3 is 2.63 bits per heavy atom. The number of rotatable bonds is 3. The molecule has 0 bridgehead atoms. The zero-order valence-corrected chi connectivity index (χ0v) is 11.6. The van der Waals surface area contributed by atoms with Crippen molar-refractivity contribution in [1.29, 1.82) is 0 Å². The first-order chi connectivity index (χ1) is 9.04. The summed E-state index contributed by atoms with van der Waals surface area (Å²) in [7, 11) is 2.14. The van der Waals surface area contributed by atoms with Crippen molar-refractivity contribution in [3.8, 4) is 0 Å². The van der Waals surface area contributed by atoms with E-state index in [2.05, 4.69) is 34.5 Å². The van der Waals surface area contributed by atoms with E-state index in [4.69, 9.17) is 0 Å². The lowest BCUT2D eigenvalue weighted by atomic mass is 10.2. The van der Waals surface area contributed by atoms with Crippen LogP contribution in [0.15, 0.2) is 30.6 Å². The van der Waals surface area contributed by atoms with Crippen LogP contribution in [0.25, 0.3) is 6.08 Å². The van der Waals surface area contributed by atoms with E-state index in [1.54, 1.807) is 6.08 Å². The van der Waals surface area contributed by atoms with Crippen molar-refractivity contribution in [1.82, 2.24) is 9.88 Å². The number of aromatic nitrogens is 1. The smallest absolute Gasteiger partial charge is 0.116 e. The van der Waals surface area contributed by atoms with Gasteiger partial charge in [-0.15, -0.1) is 0 Å². The van der Waals surface area contributed by atoms with Gasteiger partial charge in [0.25, 0.3) is 0 Å². The van der Waals surface area contributed by atoms with Crippen LogP contribution in [-0.2, 0) is 0 Å². The molecule has 2 heterocycles. The maximum absolute atomic E-state index is 12.7. The molecule has 2 rings (SSSR count). The third kappa shape index (κ3) is 3.89. The van der Waals surface area contributed by atoms with E-state index >= 15 is 0 Å². The van der Waals surface area contributed by atoms with Gasteiger partial charge in [0.15, 0.2) is 0 Å². The van der Waals surface area contributed by atoms with E-state index < -0.39 is 5.83 Å². The molecule has 0 aromatic carbocycles. The number of hydrogen-bond donors (Lipinski definition) is 0. The molecule has 0 radical (unpaired) electrons. The lowest BCUT2D eigenvalue weighted by Gasteiger charge is -2.34. The van der Waals surface area contributed by atoms with E-state index in [-0.39, 0.29) is 0 Å². The average molecular weight is 261 g/mol. The molecule has 102 valence electrons. The van der Waals surface area contributed by atoms with Gasteiger partial charge in [-0.05, 0) is 38.3 Å². The van der Waals surface area contributed by atoms with Gasteiger partial charge in [-0.2, -0.15) is 0 Å². The number of allylic oxidation sites excluding steroid dienone is 2. The van der Waals surface area contributed by atoms with Crippen molar-refractivity contribution >= 4 is 11.8 Å². The van der Waals surface area contributed by atoms with Crippen LogP contribution in [0.2, 0.25) is 0 Å². The fourth-order valence-electron chi connectivity index (χ4n) is 2.18. The Hall–Kier alpha value is -1.68. The maximum atomic E-state index is 12.7. The van der Waals surface area contributed by atoms with Crippen LogP contribution >= 0.6 is 0 Å². The molecule has 1 aliphatic heterocycles. The van der Waals surface area contributed by atoms with E-state index in [9.17, 15) is 4.39 Å². The fraction of sp³-hybridized carbons (Fsp3) is 0.400. The molecule has 0 amide bonds. The summed E-state index contributed by atoms with van der Waals surface area (Å²) < 4.78 is 12.7. The molecule has 4 heteroatoms. The molecular formula is C15H20FN3. The topological polar surface area (TPSA) is 19.4 Å². The van der Waals surface area contributed by atoms with Crippen LogP contribution in [0.1, 0.15) is 11.4 Å². The molecule has 0 aliphatic carbocycles. The van der Waals surface area contributed by atoms with Gasteiger partial charge in [0.1, 0.15) is 5.83 Å². The summed E-state index contributed by atoms with van der Waals surface area (Å²) in [5, 5.41) is 0. The Morgan fingerprint density at radius 1 is 1.32 bits per heavy atom. The van der Waals surface area contributed by atoms with Gasteiger partial charge in [0.05, 0.1) is 5.69 Å². The molecule has 19 heavy (non-hydrogen) atoms. The van der Waals surface area contributed by atoms with E-state index in [1.165, 1.54) is 6.08 Å². The second-order valence-corrected chi connectivity index (χ2v) is 4.96. The number of halogens is 1. The Labute approximate surface area is 114 Å². The first-order valence-corrected chi connectivity index (χ1v) is 6.49. The number of aryl methyl sites for hydroxylation is 1. The van der Waals surface area contributed by atoms with Gasteiger partial charge >= 0.3 is 0 Å². The Balaban J connectivity index is 2.19. The summed E-state index contributed by atoms with van der Waals surface area (Å²) in [4.78, 5) is 9.05. The lowest BCUT2D eigenvalue weighted by molar-refractivity contribution is 0.313. The first-order valence-electron chi connectivity index (χ1n) is 6.49. The van der Waals surface area contributed by atoms with Crippen LogP contribution in [0.4, 0.5) is 10.1 Å². The largest absolute Gasteiger partial charge is 0.369 e. The second kappa shape index (κ2) is 5.97. The molecule has 3 nitrogen and oxygen atoms in total. The lowest BCUT2D eigenvalue weighted by Crippen LogP contribution is -2.44. The van der Waals surface area contributed by atoms with Gasteiger partial charge in [-0.3, -0.25) is 4.98 Å². The van der Waals surface area contributed by atoms with Crippen molar-refractivity contribution in [2.75, 3.05) is 38.1 Å². The standard InChI is InChI=1S/C15H20FN3/c1-12(16)4-5-14-11-15(10-13(2)17-14)19-8-6-18(3)7-9-19/h4-5,10-11H,1,6-9H2,2-3H3/b5-4+. The summed E-state index contributed by atoms with van der Waals surface area (Å²) in [6, 6.07) is 4.07. The summed E-state index contributed by atoms with van der Waals surface area (Å²) in [6.45, 7) is 9.33. The summed E-state index contributed by atoms with van der Waals surface area (Å²) in [5.74, 6) is -0.454. The number of nitrogens with zero attached hydrogens (tertiary/aromatic N) is 3. The number of hydrogen-bond acceptors (Lipinski definition) is 3. The molecule has 1 aliphatic rings. The van der Waals surface area contributed by atoms with Crippen LogP contribution in [0.3, 0.4) is 0 Å². The molecule has 1 saturated heterocycles. The minimum absolute atomic E-state index is 0.454. The number of piperazine rings is 1. The Bertz CT molecular complexity index is 488. The molecular weight excluding hydrogens is 241 g/mol. The van der Waals surface area contributed by atoms with Crippen molar-refractivity contribution in [3.63, 3.8) is 0 Å². The molecule has 0 saturated carbocycles. The number of likely N-dealkylation sites (N-methyl/N-ethyl adjacent to an activating group) is 1. The highest BCUT2D eigenvalue weighted by Crippen LogP contribution is 2.19. The average Bonchev–Trinajstić information content (AvgIpc) is 2.36. The zero-order valence-electron chi connectivity index (χ0n) is 11.6. The van der Waals surface area contributed by atoms with Gasteiger partial charge in [-0.1, -0.05) is 6.58 Å². The van der Waals surface area contributed by atoms with Gasteiger partial charge in [-0.25, -0.2) is 4.39 Å². The van der Waals surface area contributed by atoms with Gasteiger partial charge in [0, 0.05) is 37.6 Å². The quantitative estimate of drug-likeness (QED) is 0.780. The normalized spacial score (nSPS) is 17.1. The SMILES string of the molecule is C=C(F)/C=C/c1cc(N2CCN(C)CC2)cc(C)n1. The maximum Gasteiger partial charge on any atom is 0.116 e. The molecule has 1 aromatic rings. The van der Waals surface area contributed by atoms with Crippen LogP contribution < -0.4 is 4.90 Å². The predicted molar refractivity (Wildman–Crippen MR) is 78.0 cm³/mol. The van der Waals surface area contributed by atoms with E-state index in [0.29, 0.717) is 0 Å². The first kappa shape index (κ1) is 13.7. The zero-order chi connectivity index (χ0) is 13.8. The molecule has 0 atom stereocenters. The number of pyridine rings is 1. The monoisotopic (exact) mass is 261 g/mol. The fourth-order valence-corrected chi connectivity index (χ4v) is 2.18. The minimum Gasteiger partial charge on any atom is -0.369 e.